The maximum Gasteiger partial charge on any atom is 0.236 e. The van der Waals surface area contributed by atoms with Gasteiger partial charge in [0.2, 0.25) is 5.91 Å². The quantitative estimate of drug-likeness (QED) is 0.666. The third-order valence-electron chi connectivity index (χ3n) is 2.73. The minimum absolute atomic E-state index is 0.0597. The largest absolute Gasteiger partial charge is 0.358 e. The maximum atomic E-state index is 11.2. The van der Waals surface area contributed by atoms with E-state index in [1.165, 1.54) is 12.8 Å². The molecule has 76 valence electrons. The van der Waals surface area contributed by atoms with Crippen LogP contribution in [-0.4, -0.2) is 25.0 Å². The van der Waals surface area contributed by atoms with Gasteiger partial charge in [0.05, 0.1) is 6.04 Å². The van der Waals surface area contributed by atoms with Crippen LogP contribution in [0.2, 0.25) is 0 Å². The van der Waals surface area contributed by atoms with E-state index in [0.717, 1.165) is 12.3 Å². The van der Waals surface area contributed by atoms with E-state index in [-0.39, 0.29) is 11.9 Å². The van der Waals surface area contributed by atoms with Gasteiger partial charge in [-0.2, -0.15) is 0 Å². The zero-order valence-corrected chi connectivity index (χ0v) is 8.76. The maximum absolute atomic E-state index is 11.2. The van der Waals surface area contributed by atoms with Crippen molar-refractivity contribution >= 4 is 5.91 Å². The smallest absolute Gasteiger partial charge is 0.236 e. The summed E-state index contributed by atoms with van der Waals surface area (Å²) >= 11 is 0. The Morgan fingerprint density at radius 2 is 2.15 bits per heavy atom. The molecule has 13 heavy (non-hydrogen) atoms. The molecule has 3 heteroatoms. The van der Waals surface area contributed by atoms with Crippen molar-refractivity contribution in [3.63, 3.8) is 0 Å². The van der Waals surface area contributed by atoms with Crippen LogP contribution in [0.4, 0.5) is 0 Å². The Morgan fingerprint density at radius 1 is 1.54 bits per heavy atom. The molecule has 0 saturated heterocycles. The lowest BCUT2D eigenvalue weighted by molar-refractivity contribution is -0.122. The van der Waals surface area contributed by atoms with E-state index in [0.29, 0.717) is 6.04 Å². The molecule has 0 aromatic carbocycles. The molecule has 2 N–H and O–H groups in total. The molecule has 1 rings (SSSR count). The first-order chi connectivity index (χ1) is 6.19. The van der Waals surface area contributed by atoms with Crippen LogP contribution in [0.25, 0.3) is 0 Å². The fourth-order valence-electron chi connectivity index (χ4n) is 1.70. The van der Waals surface area contributed by atoms with Gasteiger partial charge in [-0.15, -0.1) is 0 Å². The minimum atomic E-state index is -0.0597. The van der Waals surface area contributed by atoms with Gasteiger partial charge in [-0.3, -0.25) is 4.79 Å². The first kappa shape index (κ1) is 10.5. The van der Waals surface area contributed by atoms with Crippen molar-refractivity contribution in [2.75, 3.05) is 7.05 Å². The lowest BCUT2D eigenvalue weighted by Crippen LogP contribution is -2.46. The van der Waals surface area contributed by atoms with Crippen molar-refractivity contribution in [2.24, 2.45) is 5.92 Å². The second-order valence-electron chi connectivity index (χ2n) is 3.85. The molecule has 0 spiro atoms. The number of likely N-dealkylation sites (N-methyl/N-ethyl adjacent to an activating group) is 1. The lowest BCUT2D eigenvalue weighted by Gasteiger charge is -2.20. The number of carbonyl (C=O) groups excluding carboxylic acids is 1. The van der Waals surface area contributed by atoms with Crippen LogP contribution < -0.4 is 10.6 Å². The van der Waals surface area contributed by atoms with Crippen molar-refractivity contribution in [1.82, 2.24) is 10.6 Å². The molecule has 0 aromatic heterocycles. The van der Waals surface area contributed by atoms with E-state index in [1.807, 2.05) is 6.92 Å². The molecule has 0 radical (unpaired) electrons. The summed E-state index contributed by atoms with van der Waals surface area (Å²) in [7, 11) is 1.68. The second-order valence-corrected chi connectivity index (χ2v) is 3.85. The van der Waals surface area contributed by atoms with Gasteiger partial charge in [0.15, 0.2) is 0 Å². The van der Waals surface area contributed by atoms with Gasteiger partial charge >= 0.3 is 0 Å². The highest BCUT2D eigenvalue weighted by molar-refractivity contribution is 5.80. The summed E-state index contributed by atoms with van der Waals surface area (Å²) in [5, 5.41) is 6.02. The summed E-state index contributed by atoms with van der Waals surface area (Å²) < 4.78 is 0. The molecule has 1 aliphatic rings. The summed E-state index contributed by atoms with van der Waals surface area (Å²) in [6.07, 6.45) is 3.77. The van der Waals surface area contributed by atoms with E-state index in [4.69, 9.17) is 0 Å². The molecule has 0 heterocycles. The predicted molar refractivity (Wildman–Crippen MR) is 53.5 cm³/mol. The molecule has 3 nitrogen and oxygen atoms in total. The number of nitrogens with one attached hydrogen (secondary N) is 2. The molecule has 1 unspecified atom stereocenters. The second kappa shape index (κ2) is 4.61. The number of amides is 1. The molecule has 0 aliphatic heterocycles. The van der Waals surface area contributed by atoms with E-state index >= 15 is 0 Å². The van der Waals surface area contributed by atoms with E-state index in [9.17, 15) is 4.79 Å². The van der Waals surface area contributed by atoms with Crippen LogP contribution in [0, 0.1) is 5.92 Å². The average Bonchev–Trinajstić information content (AvgIpc) is 2.95. The molecule has 2 atom stereocenters. The molecular formula is C10H20N2O. The van der Waals surface area contributed by atoms with Crippen LogP contribution in [0.15, 0.2) is 0 Å². The molecule has 0 bridgehead atoms. The molecule has 0 aromatic rings. The summed E-state index contributed by atoms with van der Waals surface area (Å²) in [6.45, 7) is 4.09. The van der Waals surface area contributed by atoms with Crippen molar-refractivity contribution in [2.45, 2.75) is 45.2 Å². The molecule has 1 saturated carbocycles. The van der Waals surface area contributed by atoms with E-state index < -0.39 is 0 Å². The number of rotatable bonds is 5. The van der Waals surface area contributed by atoms with E-state index in [1.54, 1.807) is 7.05 Å². The first-order valence-electron chi connectivity index (χ1n) is 5.16. The van der Waals surface area contributed by atoms with Crippen LogP contribution >= 0.6 is 0 Å². The predicted octanol–water partition coefficient (Wildman–Crippen LogP) is 0.899. The van der Waals surface area contributed by atoms with Gasteiger partial charge in [-0.05, 0) is 32.1 Å². The summed E-state index contributed by atoms with van der Waals surface area (Å²) in [5.74, 6) is 0.899. The van der Waals surface area contributed by atoms with Gasteiger partial charge < -0.3 is 10.6 Å². The number of carbonyl (C=O) groups is 1. The van der Waals surface area contributed by atoms with Crippen molar-refractivity contribution in [1.29, 1.82) is 0 Å². The van der Waals surface area contributed by atoms with Gasteiger partial charge in [0.25, 0.3) is 0 Å². The average molecular weight is 184 g/mol. The molecule has 1 fully saturated rings. The van der Waals surface area contributed by atoms with E-state index in [2.05, 4.69) is 17.6 Å². The van der Waals surface area contributed by atoms with Crippen LogP contribution in [0.1, 0.15) is 33.1 Å². The standard InChI is InChI=1S/C10H20N2O/c1-4-9(8-5-6-8)12-7(2)10(13)11-3/h7-9,12H,4-6H2,1-3H3,(H,11,13)/t7-,9?/m1/s1. The Labute approximate surface area is 80.3 Å². The third-order valence-corrected chi connectivity index (χ3v) is 2.73. The number of hydrogen-bond acceptors (Lipinski definition) is 2. The summed E-state index contributed by atoms with van der Waals surface area (Å²) in [4.78, 5) is 11.2. The Kier molecular flexibility index (Phi) is 3.72. The summed E-state index contributed by atoms with van der Waals surface area (Å²) in [5.41, 5.74) is 0. The van der Waals surface area contributed by atoms with Gasteiger partial charge in [-0.25, -0.2) is 0 Å². The fraction of sp³-hybridized carbons (Fsp3) is 0.900. The highest BCUT2D eigenvalue weighted by atomic mass is 16.2. The van der Waals surface area contributed by atoms with Gasteiger partial charge in [0.1, 0.15) is 0 Å². The SMILES string of the molecule is CCC(N[C@H](C)C(=O)NC)C1CC1. The zero-order valence-electron chi connectivity index (χ0n) is 8.76. The molecule has 1 aliphatic carbocycles. The molecular weight excluding hydrogens is 164 g/mol. The van der Waals surface area contributed by atoms with Crippen LogP contribution in [-0.2, 0) is 4.79 Å². The normalized spacial score (nSPS) is 20.8. The lowest BCUT2D eigenvalue weighted by atomic mass is 10.1. The monoisotopic (exact) mass is 184 g/mol. The Hall–Kier alpha value is -0.570. The van der Waals surface area contributed by atoms with Crippen LogP contribution in [0.3, 0.4) is 0 Å². The van der Waals surface area contributed by atoms with Crippen molar-refractivity contribution in [3.8, 4) is 0 Å². The zero-order chi connectivity index (χ0) is 9.84. The van der Waals surface area contributed by atoms with Crippen LogP contribution in [0.5, 0.6) is 0 Å². The topological polar surface area (TPSA) is 41.1 Å². The van der Waals surface area contributed by atoms with Crippen molar-refractivity contribution < 1.29 is 4.79 Å². The Bertz CT molecular complexity index is 178. The highest BCUT2D eigenvalue weighted by Crippen LogP contribution is 2.34. The summed E-state index contributed by atoms with van der Waals surface area (Å²) in [6, 6.07) is 0.475. The Morgan fingerprint density at radius 3 is 2.54 bits per heavy atom. The Balaban J connectivity index is 2.31. The molecule has 1 amide bonds. The minimum Gasteiger partial charge on any atom is -0.358 e. The first-order valence-corrected chi connectivity index (χ1v) is 5.16. The van der Waals surface area contributed by atoms with Gasteiger partial charge in [0, 0.05) is 13.1 Å². The van der Waals surface area contributed by atoms with Gasteiger partial charge in [-0.1, -0.05) is 6.92 Å². The third kappa shape index (κ3) is 2.99. The number of hydrogen-bond donors (Lipinski definition) is 2. The van der Waals surface area contributed by atoms with Crippen molar-refractivity contribution in [3.05, 3.63) is 0 Å². The fourth-order valence-corrected chi connectivity index (χ4v) is 1.70. The highest BCUT2D eigenvalue weighted by Gasteiger charge is 2.31.